The summed E-state index contributed by atoms with van der Waals surface area (Å²) in [6, 6.07) is 9.72. The smallest absolute Gasteiger partial charge is 0.264 e. The molecule has 0 spiro atoms. The number of nitrogens with one attached hydrogen (secondary N) is 1. The van der Waals surface area contributed by atoms with Gasteiger partial charge in [-0.05, 0) is 43.2 Å². The quantitative estimate of drug-likeness (QED) is 0.486. The fourth-order valence-electron chi connectivity index (χ4n) is 3.55. The minimum absolute atomic E-state index is 0.00687. The summed E-state index contributed by atoms with van der Waals surface area (Å²) in [5, 5.41) is 0.437. The van der Waals surface area contributed by atoms with E-state index in [0.717, 1.165) is 0 Å². The number of hydrogen-bond acceptors (Lipinski definition) is 8. The van der Waals surface area contributed by atoms with E-state index in [1.54, 1.807) is 43.6 Å². The van der Waals surface area contributed by atoms with E-state index in [2.05, 4.69) is 14.7 Å². The van der Waals surface area contributed by atoms with E-state index < -0.39 is 21.3 Å². The van der Waals surface area contributed by atoms with E-state index in [1.165, 1.54) is 19.4 Å². The van der Waals surface area contributed by atoms with Crippen LogP contribution in [0.5, 0.6) is 11.6 Å². The number of rotatable bonds is 9. The van der Waals surface area contributed by atoms with Crippen LogP contribution < -0.4 is 14.2 Å². The second-order valence-corrected chi connectivity index (χ2v) is 9.06. The zero-order chi connectivity index (χ0) is 22.8. The molecule has 1 N–H and O–H groups in total. The van der Waals surface area contributed by atoms with Crippen LogP contribution >= 0.6 is 0 Å². The summed E-state index contributed by atoms with van der Waals surface area (Å²) in [5.74, 6) is 0.0634. The number of sulfonamides is 1. The summed E-state index contributed by atoms with van der Waals surface area (Å²) in [5.41, 5.74) is -0.0603. The first-order valence-electron chi connectivity index (χ1n) is 9.98. The number of nitrogens with zero attached hydrogens (tertiary/aromatic N) is 2. The van der Waals surface area contributed by atoms with Crippen molar-refractivity contribution in [1.82, 2.24) is 14.7 Å². The first kappa shape index (κ1) is 22.0. The molecule has 0 saturated heterocycles. The largest absolute Gasteiger partial charge is 0.495 e. The topological polar surface area (TPSA) is 117 Å². The van der Waals surface area contributed by atoms with E-state index in [4.69, 9.17) is 14.2 Å². The predicted molar refractivity (Wildman–Crippen MR) is 116 cm³/mol. The lowest BCUT2D eigenvalue weighted by Gasteiger charge is -2.19. The fourth-order valence-corrected chi connectivity index (χ4v) is 4.82. The van der Waals surface area contributed by atoms with Crippen molar-refractivity contribution in [2.24, 2.45) is 0 Å². The average Bonchev–Trinajstić information content (AvgIpc) is 3.61. The highest BCUT2D eigenvalue weighted by Gasteiger charge is 2.54. The Labute approximate surface area is 185 Å². The fraction of sp³-hybridized carbons (Fsp3) is 0.318. The van der Waals surface area contributed by atoms with E-state index in [-0.39, 0.29) is 17.4 Å². The van der Waals surface area contributed by atoms with Gasteiger partial charge < -0.3 is 14.2 Å². The van der Waals surface area contributed by atoms with Gasteiger partial charge in [0.25, 0.3) is 10.0 Å². The Morgan fingerprint density at radius 1 is 1.12 bits per heavy atom. The van der Waals surface area contributed by atoms with Gasteiger partial charge >= 0.3 is 0 Å². The maximum atomic E-state index is 13.3. The van der Waals surface area contributed by atoms with Gasteiger partial charge in [-0.3, -0.25) is 9.78 Å². The first-order valence-corrected chi connectivity index (χ1v) is 11.5. The van der Waals surface area contributed by atoms with E-state index >= 15 is 0 Å². The highest BCUT2D eigenvalue weighted by Crippen LogP contribution is 2.52. The summed E-state index contributed by atoms with van der Waals surface area (Å²) < 4.78 is 44.5. The molecule has 0 atom stereocenters. The van der Waals surface area contributed by atoms with Crippen molar-refractivity contribution in [3.63, 3.8) is 0 Å². The molecule has 1 aliphatic carbocycles. The molecule has 1 aromatic carbocycles. The maximum Gasteiger partial charge on any atom is 0.264 e. The van der Waals surface area contributed by atoms with Crippen LogP contribution in [0.4, 0.5) is 0 Å². The molecule has 168 valence electrons. The van der Waals surface area contributed by atoms with Crippen LogP contribution in [0.1, 0.15) is 18.4 Å². The Morgan fingerprint density at radius 2 is 1.94 bits per heavy atom. The van der Waals surface area contributed by atoms with Crippen molar-refractivity contribution < 1.29 is 27.4 Å². The third-order valence-electron chi connectivity index (χ3n) is 5.41. The van der Waals surface area contributed by atoms with Gasteiger partial charge in [-0.1, -0.05) is 6.07 Å². The van der Waals surface area contributed by atoms with Gasteiger partial charge in [-0.15, -0.1) is 0 Å². The second-order valence-electron chi connectivity index (χ2n) is 7.41. The molecule has 3 aromatic rings. The molecule has 0 radical (unpaired) electrons. The number of carbonyl (C=O) groups is 1. The third-order valence-corrected chi connectivity index (χ3v) is 6.80. The summed E-state index contributed by atoms with van der Waals surface area (Å²) in [6.07, 6.45) is 3.98. The number of pyridine rings is 2. The van der Waals surface area contributed by atoms with Crippen molar-refractivity contribution >= 4 is 26.8 Å². The monoisotopic (exact) mass is 457 g/mol. The molecule has 1 amide bonds. The van der Waals surface area contributed by atoms with Gasteiger partial charge in [-0.2, -0.15) is 0 Å². The van der Waals surface area contributed by atoms with Crippen LogP contribution in [0.2, 0.25) is 0 Å². The predicted octanol–water partition coefficient (Wildman–Crippen LogP) is 2.20. The molecule has 1 saturated carbocycles. The lowest BCUT2D eigenvalue weighted by atomic mass is 9.96. The van der Waals surface area contributed by atoms with Crippen LogP contribution in [0.25, 0.3) is 10.9 Å². The van der Waals surface area contributed by atoms with E-state index in [9.17, 15) is 13.2 Å². The Morgan fingerprint density at radius 3 is 2.66 bits per heavy atom. The Balaban J connectivity index is 1.66. The van der Waals surface area contributed by atoms with Crippen LogP contribution in [-0.2, 0) is 25.0 Å². The SMILES string of the molecule is COCCOc1ncc(OC)cc1C1(C(=O)NS(=O)(=O)c2cccc3ncccc23)CC1. The molecule has 1 aliphatic rings. The number of amides is 1. The number of carbonyl (C=O) groups excluding carboxylic acids is 1. The molecule has 32 heavy (non-hydrogen) atoms. The standard InChI is InChI=1S/C22H23N3O6S/c1-29-11-12-31-20-17(13-15(30-2)14-24-20)22(8-9-22)21(26)25-32(27,28)19-7-3-6-18-16(19)5-4-10-23-18/h3-7,10,13-14H,8-9,11-12H2,1-2H3,(H,25,26). The molecular weight excluding hydrogens is 434 g/mol. The summed E-state index contributed by atoms with van der Waals surface area (Å²) in [7, 11) is -1.10. The van der Waals surface area contributed by atoms with Gasteiger partial charge in [0.2, 0.25) is 11.8 Å². The molecule has 0 unspecified atom stereocenters. The molecule has 0 aliphatic heterocycles. The molecule has 1 fully saturated rings. The number of ether oxygens (including phenoxy) is 3. The molecule has 4 rings (SSSR count). The van der Waals surface area contributed by atoms with Crippen molar-refractivity contribution in [3.8, 4) is 11.6 Å². The number of hydrogen-bond donors (Lipinski definition) is 1. The Bertz CT molecular complexity index is 1250. The van der Waals surface area contributed by atoms with Crippen molar-refractivity contribution in [1.29, 1.82) is 0 Å². The van der Waals surface area contributed by atoms with Gasteiger partial charge in [0.05, 0.1) is 35.7 Å². The maximum absolute atomic E-state index is 13.3. The number of methoxy groups -OCH3 is 2. The highest BCUT2D eigenvalue weighted by atomic mass is 32.2. The second kappa shape index (κ2) is 8.71. The third kappa shape index (κ3) is 4.11. The molecule has 2 aromatic heterocycles. The number of aromatic nitrogens is 2. The Hall–Kier alpha value is -3.24. The van der Waals surface area contributed by atoms with Gasteiger partial charge in [0, 0.05) is 24.3 Å². The van der Waals surface area contributed by atoms with Crippen LogP contribution in [0, 0.1) is 0 Å². The van der Waals surface area contributed by atoms with Crippen molar-refractivity contribution in [3.05, 3.63) is 54.4 Å². The van der Waals surface area contributed by atoms with Crippen LogP contribution in [0.3, 0.4) is 0 Å². The molecular formula is C22H23N3O6S. The molecule has 10 heteroatoms. The summed E-state index contributed by atoms with van der Waals surface area (Å²) in [6.45, 7) is 0.581. The lowest BCUT2D eigenvalue weighted by molar-refractivity contribution is -0.121. The highest BCUT2D eigenvalue weighted by molar-refractivity contribution is 7.90. The molecule has 2 heterocycles. The first-order chi connectivity index (χ1) is 15.4. The van der Waals surface area contributed by atoms with Gasteiger partial charge in [-0.25, -0.2) is 18.1 Å². The normalized spacial score (nSPS) is 14.7. The zero-order valence-electron chi connectivity index (χ0n) is 17.7. The Kier molecular flexibility index (Phi) is 5.98. The van der Waals surface area contributed by atoms with E-state index in [1.807, 2.05) is 0 Å². The minimum Gasteiger partial charge on any atom is -0.495 e. The van der Waals surface area contributed by atoms with Gasteiger partial charge in [0.15, 0.2) is 0 Å². The van der Waals surface area contributed by atoms with Crippen LogP contribution in [-0.4, -0.2) is 51.7 Å². The number of benzene rings is 1. The van der Waals surface area contributed by atoms with Crippen molar-refractivity contribution in [2.75, 3.05) is 27.4 Å². The molecule has 0 bridgehead atoms. The summed E-state index contributed by atoms with van der Waals surface area (Å²) >= 11 is 0. The lowest BCUT2D eigenvalue weighted by Crippen LogP contribution is -2.39. The molecule has 9 nitrogen and oxygen atoms in total. The van der Waals surface area contributed by atoms with Gasteiger partial charge in [0.1, 0.15) is 12.4 Å². The van der Waals surface area contributed by atoms with Crippen molar-refractivity contribution in [2.45, 2.75) is 23.2 Å². The minimum atomic E-state index is -4.14. The number of fused-ring (bicyclic) bond motifs is 1. The zero-order valence-corrected chi connectivity index (χ0v) is 18.5. The van der Waals surface area contributed by atoms with E-state index in [0.29, 0.717) is 41.7 Å². The average molecular weight is 458 g/mol. The summed E-state index contributed by atoms with van der Waals surface area (Å²) in [4.78, 5) is 21.7. The van der Waals surface area contributed by atoms with Crippen LogP contribution in [0.15, 0.2) is 53.7 Å².